The van der Waals surface area contributed by atoms with Crippen LogP contribution in [0.2, 0.25) is 0 Å². The van der Waals surface area contributed by atoms with Crippen LogP contribution < -0.4 is 10.6 Å². The highest BCUT2D eigenvalue weighted by Gasteiger charge is 2.16. The third kappa shape index (κ3) is 3.39. The molecule has 1 aromatic heterocycles. The molecule has 1 aliphatic rings. The quantitative estimate of drug-likeness (QED) is 0.789. The van der Waals surface area contributed by atoms with Crippen molar-refractivity contribution in [2.24, 2.45) is 0 Å². The average molecular weight is 290 g/mol. The minimum absolute atomic E-state index is 0.285. The largest absolute Gasteiger partial charge is 0.508 e. The number of phenolic OH excluding ortho intramolecular Hbond substituents is 1. The van der Waals surface area contributed by atoms with E-state index in [1.54, 1.807) is 23.5 Å². The molecule has 0 atom stereocenters. The van der Waals surface area contributed by atoms with E-state index in [0.29, 0.717) is 12.6 Å². The molecule has 6 heteroatoms. The fraction of sp³-hybridized carbons (Fsp3) is 0.429. The van der Waals surface area contributed by atoms with Gasteiger partial charge in [-0.2, -0.15) is 0 Å². The van der Waals surface area contributed by atoms with Gasteiger partial charge in [-0.3, -0.25) is 0 Å². The summed E-state index contributed by atoms with van der Waals surface area (Å²) in [6, 6.07) is 7.71. The molecule has 0 aliphatic heterocycles. The molecule has 0 amide bonds. The first-order valence-electron chi connectivity index (χ1n) is 6.91. The number of nitrogens with one attached hydrogen (secondary N) is 2. The molecular formula is C14H18N4OS. The highest BCUT2D eigenvalue weighted by atomic mass is 32.1. The molecule has 0 spiro atoms. The van der Waals surface area contributed by atoms with Crippen LogP contribution in [0.3, 0.4) is 0 Å². The summed E-state index contributed by atoms with van der Waals surface area (Å²) in [5.41, 5.74) is 1.10. The van der Waals surface area contributed by atoms with Crippen LogP contribution >= 0.6 is 11.3 Å². The molecule has 0 radical (unpaired) electrons. The van der Waals surface area contributed by atoms with Crippen LogP contribution in [-0.4, -0.2) is 21.3 Å². The zero-order valence-electron chi connectivity index (χ0n) is 11.2. The molecule has 3 rings (SSSR count). The summed E-state index contributed by atoms with van der Waals surface area (Å²) >= 11 is 1.55. The lowest BCUT2D eigenvalue weighted by Crippen LogP contribution is -2.13. The molecular weight excluding hydrogens is 272 g/mol. The Hall–Kier alpha value is -1.82. The number of hydrogen-bond acceptors (Lipinski definition) is 6. The molecule has 0 saturated heterocycles. The Balaban J connectivity index is 1.52. The monoisotopic (exact) mass is 290 g/mol. The van der Waals surface area contributed by atoms with Crippen molar-refractivity contribution in [1.29, 1.82) is 0 Å². The molecule has 0 bridgehead atoms. The van der Waals surface area contributed by atoms with Crippen LogP contribution in [0.1, 0.15) is 31.2 Å². The van der Waals surface area contributed by atoms with E-state index < -0.39 is 0 Å². The molecule has 5 nitrogen and oxygen atoms in total. The smallest absolute Gasteiger partial charge is 0.207 e. The summed E-state index contributed by atoms with van der Waals surface area (Å²) in [5, 5.41) is 25.9. The van der Waals surface area contributed by atoms with Crippen LogP contribution in [-0.2, 0) is 6.54 Å². The molecule has 1 fully saturated rings. The lowest BCUT2D eigenvalue weighted by Gasteiger charge is -2.08. The van der Waals surface area contributed by atoms with Gasteiger partial charge >= 0.3 is 0 Å². The van der Waals surface area contributed by atoms with Gasteiger partial charge in [0.05, 0.1) is 0 Å². The minimum atomic E-state index is 0.285. The number of aromatic nitrogens is 2. The summed E-state index contributed by atoms with van der Waals surface area (Å²) in [4.78, 5) is 0. The Labute approximate surface area is 122 Å². The fourth-order valence-corrected chi connectivity index (χ4v) is 3.11. The normalized spacial score (nSPS) is 15.4. The molecule has 1 heterocycles. The first-order valence-corrected chi connectivity index (χ1v) is 7.73. The summed E-state index contributed by atoms with van der Waals surface area (Å²) in [5.74, 6) is 0.285. The van der Waals surface area contributed by atoms with Crippen molar-refractivity contribution in [2.45, 2.75) is 38.3 Å². The number of anilines is 2. The van der Waals surface area contributed by atoms with Crippen molar-refractivity contribution in [2.75, 3.05) is 10.6 Å². The van der Waals surface area contributed by atoms with E-state index in [1.165, 1.54) is 25.7 Å². The number of phenols is 1. The Morgan fingerprint density at radius 1 is 1.10 bits per heavy atom. The van der Waals surface area contributed by atoms with Gasteiger partial charge in [0.2, 0.25) is 10.3 Å². The molecule has 2 aromatic rings. The van der Waals surface area contributed by atoms with Crippen molar-refractivity contribution >= 4 is 21.6 Å². The van der Waals surface area contributed by atoms with E-state index >= 15 is 0 Å². The summed E-state index contributed by atoms with van der Waals surface area (Å²) < 4.78 is 0. The van der Waals surface area contributed by atoms with Gasteiger partial charge in [0, 0.05) is 12.6 Å². The lowest BCUT2D eigenvalue weighted by molar-refractivity contribution is 0.475. The van der Waals surface area contributed by atoms with E-state index in [-0.39, 0.29) is 5.75 Å². The van der Waals surface area contributed by atoms with Crippen molar-refractivity contribution < 1.29 is 5.11 Å². The van der Waals surface area contributed by atoms with Crippen LogP contribution in [0.15, 0.2) is 24.3 Å². The second-order valence-corrected chi connectivity index (χ2v) is 6.04. The van der Waals surface area contributed by atoms with Crippen molar-refractivity contribution in [1.82, 2.24) is 10.2 Å². The number of benzene rings is 1. The zero-order chi connectivity index (χ0) is 13.8. The van der Waals surface area contributed by atoms with Gasteiger partial charge < -0.3 is 15.7 Å². The Kier molecular flexibility index (Phi) is 4.01. The molecule has 1 saturated carbocycles. The maximum Gasteiger partial charge on any atom is 0.207 e. The van der Waals surface area contributed by atoms with Crippen molar-refractivity contribution in [3.63, 3.8) is 0 Å². The maximum atomic E-state index is 9.23. The number of rotatable bonds is 5. The molecule has 20 heavy (non-hydrogen) atoms. The molecule has 3 N–H and O–H groups in total. The fourth-order valence-electron chi connectivity index (χ4n) is 2.39. The van der Waals surface area contributed by atoms with Crippen LogP contribution in [0.5, 0.6) is 5.75 Å². The Morgan fingerprint density at radius 3 is 2.55 bits per heavy atom. The van der Waals surface area contributed by atoms with Gasteiger partial charge in [0.15, 0.2) is 0 Å². The maximum absolute atomic E-state index is 9.23. The highest BCUT2D eigenvalue weighted by Crippen LogP contribution is 2.26. The summed E-state index contributed by atoms with van der Waals surface area (Å²) in [6.07, 6.45) is 5.08. The summed E-state index contributed by atoms with van der Waals surface area (Å²) in [6.45, 7) is 0.679. The Bertz CT molecular complexity index is 549. The van der Waals surface area contributed by atoms with Gasteiger partial charge in [-0.15, -0.1) is 10.2 Å². The number of nitrogens with zero attached hydrogens (tertiary/aromatic N) is 2. The zero-order valence-corrected chi connectivity index (χ0v) is 12.0. The van der Waals surface area contributed by atoms with Crippen molar-refractivity contribution in [3.8, 4) is 5.75 Å². The van der Waals surface area contributed by atoms with E-state index in [1.807, 2.05) is 12.1 Å². The second-order valence-electron chi connectivity index (χ2n) is 5.06. The minimum Gasteiger partial charge on any atom is -0.508 e. The topological polar surface area (TPSA) is 70.1 Å². The van der Waals surface area contributed by atoms with Gasteiger partial charge in [0.25, 0.3) is 0 Å². The predicted molar refractivity (Wildman–Crippen MR) is 81.2 cm³/mol. The van der Waals surface area contributed by atoms with Crippen LogP contribution in [0.4, 0.5) is 10.3 Å². The van der Waals surface area contributed by atoms with Crippen LogP contribution in [0.25, 0.3) is 0 Å². The van der Waals surface area contributed by atoms with Crippen molar-refractivity contribution in [3.05, 3.63) is 29.8 Å². The van der Waals surface area contributed by atoms with Gasteiger partial charge in [-0.25, -0.2) is 0 Å². The summed E-state index contributed by atoms with van der Waals surface area (Å²) in [7, 11) is 0. The number of hydrogen-bond donors (Lipinski definition) is 3. The first kappa shape index (κ1) is 13.2. The number of aromatic hydroxyl groups is 1. The van der Waals surface area contributed by atoms with E-state index in [4.69, 9.17) is 0 Å². The van der Waals surface area contributed by atoms with Gasteiger partial charge in [0.1, 0.15) is 5.75 Å². The molecule has 106 valence electrons. The predicted octanol–water partition coefficient (Wildman–Crippen LogP) is 3.21. The van der Waals surface area contributed by atoms with Gasteiger partial charge in [-0.1, -0.05) is 36.3 Å². The SMILES string of the molecule is Oc1ccc(CNc2nnc(NC3CCCC3)s2)cc1. The van der Waals surface area contributed by atoms with E-state index in [9.17, 15) is 5.11 Å². The van der Waals surface area contributed by atoms with Crippen LogP contribution in [0, 0.1) is 0 Å². The molecule has 1 aliphatic carbocycles. The highest BCUT2D eigenvalue weighted by molar-refractivity contribution is 7.19. The molecule has 0 unspecified atom stereocenters. The van der Waals surface area contributed by atoms with E-state index in [0.717, 1.165) is 15.8 Å². The standard InChI is InChI=1S/C14H18N4OS/c19-12-7-5-10(6-8-12)9-15-13-17-18-14(20-13)16-11-3-1-2-4-11/h5-8,11,19H,1-4,9H2,(H,15,17)(H,16,18). The van der Waals surface area contributed by atoms with Gasteiger partial charge in [-0.05, 0) is 30.5 Å². The van der Waals surface area contributed by atoms with E-state index in [2.05, 4.69) is 20.8 Å². The lowest BCUT2D eigenvalue weighted by atomic mass is 10.2. The average Bonchev–Trinajstić information content (AvgIpc) is 3.11. The second kappa shape index (κ2) is 6.09. The molecule has 1 aromatic carbocycles. The first-order chi connectivity index (χ1) is 9.79. The Morgan fingerprint density at radius 2 is 1.80 bits per heavy atom. The third-order valence-electron chi connectivity index (χ3n) is 3.49. The third-order valence-corrected chi connectivity index (χ3v) is 4.30.